The Morgan fingerprint density at radius 2 is 1.81 bits per heavy atom. The molecule has 2 aromatic carbocycles. The lowest BCUT2D eigenvalue weighted by Gasteiger charge is -2.30. The molecule has 1 amide bonds. The van der Waals surface area contributed by atoms with Crippen LogP contribution in [0.1, 0.15) is 29.5 Å². The van der Waals surface area contributed by atoms with Crippen LogP contribution in [0.4, 0.5) is 0 Å². The molecule has 1 aliphatic rings. The molecule has 1 aromatic heterocycles. The third-order valence-electron chi connectivity index (χ3n) is 4.93. The smallest absolute Gasteiger partial charge is 0.244 e. The van der Waals surface area contributed by atoms with Gasteiger partial charge >= 0.3 is 0 Å². The predicted octanol–water partition coefficient (Wildman–Crippen LogP) is 4.09. The Labute approximate surface area is 158 Å². The summed E-state index contributed by atoms with van der Waals surface area (Å²) in [7, 11) is 2.03. The monoisotopic (exact) mass is 365 g/mol. The standard InChI is InChI=1S/C21H23N3OS/c1-23(15-19-22-17-11-5-6-12-18(17)26-19)20(16-9-3-2-4-10-16)21(25)24-13-7-8-14-24/h2-6,9-12,20H,7-8,13-15H2,1H3. The highest BCUT2D eigenvalue weighted by Crippen LogP contribution is 2.28. The van der Waals surface area contributed by atoms with Gasteiger partial charge in [-0.25, -0.2) is 4.98 Å². The van der Waals surface area contributed by atoms with Crippen LogP contribution < -0.4 is 0 Å². The molecule has 0 radical (unpaired) electrons. The van der Waals surface area contributed by atoms with Crippen molar-refractivity contribution in [2.45, 2.75) is 25.4 Å². The van der Waals surface area contributed by atoms with Crippen molar-refractivity contribution < 1.29 is 4.79 Å². The molecule has 5 heteroatoms. The molecule has 3 aromatic rings. The van der Waals surface area contributed by atoms with Gasteiger partial charge in [0.15, 0.2) is 0 Å². The maximum atomic E-state index is 13.2. The van der Waals surface area contributed by atoms with Gasteiger partial charge < -0.3 is 4.90 Å². The quantitative estimate of drug-likeness (QED) is 0.683. The van der Waals surface area contributed by atoms with Crippen LogP contribution in [0.3, 0.4) is 0 Å². The zero-order chi connectivity index (χ0) is 17.9. The Morgan fingerprint density at radius 3 is 2.54 bits per heavy atom. The van der Waals surface area contributed by atoms with Crippen LogP contribution >= 0.6 is 11.3 Å². The molecule has 2 heterocycles. The SMILES string of the molecule is CN(Cc1nc2ccccc2s1)C(C(=O)N1CCCC1)c1ccccc1. The average Bonchev–Trinajstić information content (AvgIpc) is 3.32. The van der Waals surface area contributed by atoms with E-state index in [4.69, 9.17) is 4.98 Å². The number of aromatic nitrogens is 1. The Kier molecular flexibility index (Phi) is 5.00. The van der Waals surface area contributed by atoms with E-state index in [1.165, 1.54) is 4.70 Å². The summed E-state index contributed by atoms with van der Waals surface area (Å²) in [6, 6.07) is 18.0. The first-order chi connectivity index (χ1) is 12.7. The Bertz CT molecular complexity index is 853. The van der Waals surface area contributed by atoms with Crippen molar-refractivity contribution in [1.82, 2.24) is 14.8 Å². The first-order valence-electron chi connectivity index (χ1n) is 9.11. The van der Waals surface area contributed by atoms with Crippen LogP contribution in [0, 0.1) is 0 Å². The number of fused-ring (bicyclic) bond motifs is 1. The number of carbonyl (C=O) groups excluding carboxylic acids is 1. The molecular formula is C21H23N3OS. The number of amides is 1. The van der Waals surface area contributed by atoms with Crippen molar-refractivity contribution in [3.8, 4) is 0 Å². The molecule has 0 spiro atoms. The van der Waals surface area contributed by atoms with E-state index in [0.29, 0.717) is 6.54 Å². The number of nitrogens with zero attached hydrogens (tertiary/aromatic N) is 3. The summed E-state index contributed by atoms with van der Waals surface area (Å²) in [5.41, 5.74) is 2.08. The molecule has 1 atom stereocenters. The fourth-order valence-electron chi connectivity index (χ4n) is 3.62. The largest absolute Gasteiger partial charge is 0.341 e. The number of hydrogen-bond acceptors (Lipinski definition) is 4. The van der Waals surface area contributed by atoms with Gasteiger partial charge in [0.05, 0.1) is 16.8 Å². The van der Waals surface area contributed by atoms with Crippen molar-refractivity contribution in [1.29, 1.82) is 0 Å². The number of rotatable bonds is 5. The van der Waals surface area contributed by atoms with Crippen molar-refractivity contribution in [3.63, 3.8) is 0 Å². The second-order valence-electron chi connectivity index (χ2n) is 6.84. The van der Waals surface area contributed by atoms with E-state index in [0.717, 1.165) is 42.0 Å². The van der Waals surface area contributed by atoms with Crippen LogP contribution in [-0.4, -0.2) is 40.8 Å². The molecule has 1 aliphatic heterocycles. The maximum absolute atomic E-state index is 13.2. The molecule has 1 fully saturated rings. The first kappa shape index (κ1) is 17.2. The summed E-state index contributed by atoms with van der Waals surface area (Å²) in [6.45, 7) is 2.41. The highest BCUT2D eigenvalue weighted by molar-refractivity contribution is 7.18. The van der Waals surface area contributed by atoms with Crippen molar-refractivity contribution in [2.24, 2.45) is 0 Å². The minimum atomic E-state index is -0.263. The van der Waals surface area contributed by atoms with Gasteiger partial charge in [0.2, 0.25) is 5.91 Å². The van der Waals surface area contributed by atoms with Crippen LogP contribution in [0.15, 0.2) is 54.6 Å². The first-order valence-corrected chi connectivity index (χ1v) is 9.92. The lowest BCUT2D eigenvalue weighted by Crippen LogP contribution is -2.40. The number of carbonyl (C=O) groups is 1. The van der Waals surface area contributed by atoms with Gasteiger partial charge in [0, 0.05) is 13.1 Å². The molecule has 0 N–H and O–H groups in total. The second-order valence-corrected chi connectivity index (χ2v) is 7.95. The summed E-state index contributed by atoms with van der Waals surface area (Å²) in [5, 5.41) is 1.05. The van der Waals surface area contributed by atoms with Crippen LogP contribution in [-0.2, 0) is 11.3 Å². The van der Waals surface area contributed by atoms with Crippen LogP contribution in [0.2, 0.25) is 0 Å². The summed E-state index contributed by atoms with van der Waals surface area (Å²) < 4.78 is 1.19. The molecule has 0 bridgehead atoms. The maximum Gasteiger partial charge on any atom is 0.244 e. The molecule has 0 saturated carbocycles. The summed E-state index contributed by atoms with van der Waals surface area (Å²) >= 11 is 1.70. The molecule has 1 unspecified atom stereocenters. The van der Waals surface area contributed by atoms with Gasteiger partial charge in [-0.15, -0.1) is 11.3 Å². The van der Waals surface area contributed by atoms with E-state index < -0.39 is 0 Å². The Morgan fingerprint density at radius 1 is 1.12 bits per heavy atom. The molecule has 4 rings (SSSR count). The van der Waals surface area contributed by atoms with E-state index in [-0.39, 0.29) is 11.9 Å². The number of likely N-dealkylation sites (N-methyl/N-ethyl adjacent to an activating group) is 1. The molecule has 4 nitrogen and oxygen atoms in total. The van der Waals surface area contributed by atoms with E-state index in [1.807, 2.05) is 60.5 Å². The second kappa shape index (κ2) is 7.56. The average molecular weight is 366 g/mol. The van der Waals surface area contributed by atoms with Crippen molar-refractivity contribution in [3.05, 3.63) is 65.2 Å². The molecular weight excluding hydrogens is 342 g/mol. The summed E-state index contributed by atoms with van der Waals surface area (Å²) in [5.74, 6) is 0.206. The van der Waals surface area contributed by atoms with E-state index in [2.05, 4.69) is 11.0 Å². The highest BCUT2D eigenvalue weighted by atomic mass is 32.1. The van der Waals surface area contributed by atoms with Gasteiger partial charge in [0.1, 0.15) is 11.0 Å². The fourth-order valence-corrected chi connectivity index (χ4v) is 4.65. The number of hydrogen-bond donors (Lipinski definition) is 0. The minimum Gasteiger partial charge on any atom is -0.341 e. The third kappa shape index (κ3) is 3.50. The minimum absolute atomic E-state index is 0.206. The predicted molar refractivity (Wildman–Crippen MR) is 106 cm³/mol. The Hall–Kier alpha value is -2.24. The number of likely N-dealkylation sites (tertiary alicyclic amines) is 1. The molecule has 0 aliphatic carbocycles. The van der Waals surface area contributed by atoms with Crippen molar-refractivity contribution in [2.75, 3.05) is 20.1 Å². The Balaban J connectivity index is 1.60. The number of benzene rings is 2. The van der Waals surface area contributed by atoms with Crippen molar-refractivity contribution >= 4 is 27.5 Å². The van der Waals surface area contributed by atoms with Gasteiger partial charge in [-0.1, -0.05) is 42.5 Å². The zero-order valence-corrected chi connectivity index (χ0v) is 15.8. The summed E-state index contributed by atoms with van der Waals surface area (Å²) in [4.78, 5) is 22.1. The van der Waals surface area contributed by atoms with Crippen LogP contribution in [0.25, 0.3) is 10.2 Å². The zero-order valence-electron chi connectivity index (χ0n) is 15.0. The molecule has 26 heavy (non-hydrogen) atoms. The normalized spacial score (nSPS) is 15.7. The lowest BCUT2D eigenvalue weighted by atomic mass is 10.0. The van der Waals surface area contributed by atoms with Gasteiger partial charge in [-0.2, -0.15) is 0 Å². The molecule has 134 valence electrons. The van der Waals surface area contributed by atoms with E-state index in [1.54, 1.807) is 11.3 Å². The van der Waals surface area contributed by atoms with Gasteiger partial charge in [0.25, 0.3) is 0 Å². The lowest BCUT2D eigenvalue weighted by molar-refractivity contribution is -0.136. The summed E-state index contributed by atoms with van der Waals surface area (Å²) in [6.07, 6.45) is 2.21. The third-order valence-corrected chi connectivity index (χ3v) is 5.95. The van der Waals surface area contributed by atoms with Crippen LogP contribution in [0.5, 0.6) is 0 Å². The number of para-hydroxylation sites is 1. The van der Waals surface area contributed by atoms with E-state index >= 15 is 0 Å². The highest BCUT2D eigenvalue weighted by Gasteiger charge is 2.31. The molecule has 1 saturated heterocycles. The topological polar surface area (TPSA) is 36.4 Å². The van der Waals surface area contributed by atoms with Gasteiger partial charge in [-0.3, -0.25) is 9.69 Å². The number of thiazole rings is 1. The van der Waals surface area contributed by atoms with E-state index in [9.17, 15) is 4.79 Å². The van der Waals surface area contributed by atoms with Gasteiger partial charge in [-0.05, 0) is 37.6 Å². The fraction of sp³-hybridized carbons (Fsp3) is 0.333.